The molecule has 0 N–H and O–H groups in total. The standard InChI is InChI=1S/C6H4Br2O3S.K/c7-4-1-2-5(8)6(3-4)12(9,10)11;/h1-3H,(H,9,10,11);/q;+1/p-1. The van der Waals surface area contributed by atoms with Crippen LogP contribution in [0.4, 0.5) is 0 Å². The molecule has 0 spiro atoms. The quantitative estimate of drug-likeness (QED) is 0.486. The van der Waals surface area contributed by atoms with Gasteiger partial charge in [-0.3, -0.25) is 0 Å². The summed E-state index contributed by atoms with van der Waals surface area (Å²) in [6.45, 7) is 0. The molecule has 0 aliphatic rings. The van der Waals surface area contributed by atoms with Crippen molar-refractivity contribution in [2.45, 2.75) is 4.90 Å². The van der Waals surface area contributed by atoms with Crippen LogP contribution >= 0.6 is 31.9 Å². The average molecular weight is 354 g/mol. The van der Waals surface area contributed by atoms with Crippen molar-refractivity contribution in [2.75, 3.05) is 0 Å². The van der Waals surface area contributed by atoms with E-state index in [1.165, 1.54) is 12.1 Å². The van der Waals surface area contributed by atoms with Crippen LogP contribution in [0.3, 0.4) is 0 Å². The van der Waals surface area contributed by atoms with E-state index in [1.54, 1.807) is 6.07 Å². The van der Waals surface area contributed by atoms with Gasteiger partial charge in [0.15, 0.2) is 0 Å². The first-order valence-corrected chi connectivity index (χ1v) is 5.81. The molecule has 13 heavy (non-hydrogen) atoms. The van der Waals surface area contributed by atoms with Gasteiger partial charge in [-0.15, -0.1) is 0 Å². The van der Waals surface area contributed by atoms with Crippen molar-refractivity contribution in [1.82, 2.24) is 0 Å². The maximum atomic E-state index is 10.6. The molecule has 0 saturated heterocycles. The van der Waals surface area contributed by atoms with Crippen molar-refractivity contribution in [3.05, 3.63) is 27.1 Å². The Labute approximate surface area is 136 Å². The molecule has 0 amide bonds. The fourth-order valence-electron chi connectivity index (χ4n) is 0.669. The Bertz CT molecular complexity index is 404. The van der Waals surface area contributed by atoms with Crippen LogP contribution in [0.2, 0.25) is 0 Å². The first-order chi connectivity index (χ1) is 5.41. The van der Waals surface area contributed by atoms with Gasteiger partial charge in [0.1, 0.15) is 10.1 Å². The van der Waals surface area contributed by atoms with E-state index >= 15 is 0 Å². The van der Waals surface area contributed by atoms with E-state index in [9.17, 15) is 13.0 Å². The Morgan fingerprint density at radius 3 is 2.15 bits per heavy atom. The maximum Gasteiger partial charge on any atom is 1.00 e. The third-order valence-corrected chi connectivity index (χ3v) is 3.49. The zero-order chi connectivity index (χ0) is 9.35. The third kappa shape index (κ3) is 4.39. The Balaban J connectivity index is 0.00000144. The van der Waals surface area contributed by atoms with Crippen LogP contribution in [0.25, 0.3) is 0 Å². The molecular weight excluding hydrogens is 351 g/mol. The molecule has 0 unspecified atom stereocenters. The number of hydrogen-bond acceptors (Lipinski definition) is 3. The van der Waals surface area contributed by atoms with E-state index < -0.39 is 10.1 Å². The molecule has 0 saturated carbocycles. The number of halogens is 2. The summed E-state index contributed by atoms with van der Waals surface area (Å²) < 4.78 is 32.6. The molecule has 0 fully saturated rings. The second kappa shape index (κ2) is 5.71. The summed E-state index contributed by atoms with van der Waals surface area (Å²) in [6.07, 6.45) is 0. The summed E-state index contributed by atoms with van der Waals surface area (Å²) in [5, 5.41) is 0. The molecule has 1 aromatic carbocycles. The summed E-state index contributed by atoms with van der Waals surface area (Å²) >= 11 is 6.03. The molecule has 0 aromatic heterocycles. The fourth-order valence-corrected chi connectivity index (χ4v) is 2.60. The smallest absolute Gasteiger partial charge is 0.744 e. The second-order valence-electron chi connectivity index (χ2n) is 2.03. The van der Waals surface area contributed by atoms with Crippen molar-refractivity contribution in [3.8, 4) is 0 Å². The van der Waals surface area contributed by atoms with Crippen LogP contribution in [-0.4, -0.2) is 13.0 Å². The molecule has 0 bridgehead atoms. The first kappa shape index (κ1) is 14.7. The SMILES string of the molecule is O=S(=O)([O-])c1cc(Br)ccc1Br.[K+]. The van der Waals surface area contributed by atoms with Crippen LogP contribution in [-0.2, 0) is 10.1 Å². The van der Waals surface area contributed by atoms with Crippen molar-refractivity contribution in [1.29, 1.82) is 0 Å². The van der Waals surface area contributed by atoms with Gasteiger partial charge in [-0.1, -0.05) is 15.9 Å². The van der Waals surface area contributed by atoms with Crippen molar-refractivity contribution >= 4 is 42.0 Å². The van der Waals surface area contributed by atoms with Crippen LogP contribution in [0, 0.1) is 0 Å². The van der Waals surface area contributed by atoms with E-state index in [0.29, 0.717) is 4.47 Å². The molecule has 0 aliphatic carbocycles. The normalized spacial score (nSPS) is 10.7. The molecule has 0 radical (unpaired) electrons. The van der Waals surface area contributed by atoms with Gasteiger partial charge in [-0.05, 0) is 34.1 Å². The summed E-state index contributed by atoms with van der Waals surface area (Å²) in [6, 6.07) is 4.39. The number of rotatable bonds is 1. The van der Waals surface area contributed by atoms with Gasteiger partial charge in [0.25, 0.3) is 0 Å². The maximum absolute atomic E-state index is 10.6. The summed E-state index contributed by atoms with van der Waals surface area (Å²) in [5.41, 5.74) is 0. The van der Waals surface area contributed by atoms with Crippen molar-refractivity contribution in [3.63, 3.8) is 0 Å². The van der Waals surface area contributed by atoms with Crippen LogP contribution in [0.5, 0.6) is 0 Å². The summed E-state index contributed by atoms with van der Waals surface area (Å²) in [5.74, 6) is 0. The van der Waals surface area contributed by atoms with Crippen LogP contribution < -0.4 is 51.4 Å². The third-order valence-electron chi connectivity index (χ3n) is 1.16. The van der Waals surface area contributed by atoms with Gasteiger partial charge in [0.2, 0.25) is 0 Å². The minimum Gasteiger partial charge on any atom is -0.744 e. The summed E-state index contributed by atoms with van der Waals surface area (Å²) in [4.78, 5) is -0.253. The van der Waals surface area contributed by atoms with E-state index in [2.05, 4.69) is 31.9 Å². The van der Waals surface area contributed by atoms with Crippen LogP contribution in [0.1, 0.15) is 0 Å². The predicted octanol–water partition coefficient (Wildman–Crippen LogP) is -0.880. The molecule has 7 heteroatoms. The van der Waals surface area contributed by atoms with E-state index in [0.717, 1.165) is 0 Å². The van der Waals surface area contributed by atoms with Gasteiger partial charge in [0, 0.05) is 8.95 Å². The average Bonchev–Trinajstić information content (AvgIpc) is 1.92. The van der Waals surface area contributed by atoms with Crippen LogP contribution in [0.15, 0.2) is 32.0 Å². The number of benzene rings is 1. The minimum absolute atomic E-state index is 0. The second-order valence-corrected chi connectivity index (χ2v) is 5.15. The largest absolute Gasteiger partial charge is 1.00 e. The Kier molecular flexibility index (Phi) is 6.47. The zero-order valence-electron chi connectivity index (χ0n) is 6.62. The Morgan fingerprint density at radius 1 is 1.23 bits per heavy atom. The van der Waals surface area contributed by atoms with Gasteiger partial charge in [-0.2, -0.15) is 0 Å². The molecule has 1 aromatic rings. The minimum atomic E-state index is -4.38. The molecular formula is C6H3Br2KO3S. The predicted molar refractivity (Wildman–Crippen MR) is 49.8 cm³/mol. The zero-order valence-corrected chi connectivity index (χ0v) is 13.7. The topological polar surface area (TPSA) is 57.2 Å². The number of hydrogen-bond donors (Lipinski definition) is 0. The van der Waals surface area contributed by atoms with Crippen molar-refractivity contribution in [2.24, 2.45) is 0 Å². The Morgan fingerprint density at radius 2 is 1.77 bits per heavy atom. The van der Waals surface area contributed by atoms with E-state index in [4.69, 9.17) is 0 Å². The fraction of sp³-hybridized carbons (Fsp3) is 0. The molecule has 0 heterocycles. The van der Waals surface area contributed by atoms with Gasteiger partial charge < -0.3 is 4.55 Å². The molecule has 1 rings (SSSR count). The monoisotopic (exact) mass is 352 g/mol. The molecule has 3 nitrogen and oxygen atoms in total. The van der Waals surface area contributed by atoms with E-state index in [-0.39, 0.29) is 60.8 Å². The van der Waals surface area contributed by atoms with Gasteiger partial charge in [-0.25, -0.2) is 8.42 Å². The van der Waals surface area contributed by atoms with Gasteiger partial charge in [0.05, 0.1) is 4.90 Å². The molecule has 66 valence electrons. The Hall–Kier alpha value is 1.73. The molecule has 0 aliphatic heterocycles. The van der Waals surface area contributed by atoms with E-state index in [1.807, 2.05) is 0 Å². The van der Waals surface area contributed by atoms with Crippen molar-refractivity contribution < 1.29 is 64.4 Å². The first-order valence-electron chi connectivity index (χ1n) is 2.82. The molecule has 0 atom stereocenters. The van der Waals surface area contributed by atoms with Gasteiger partial charge >= 0.3 is 51.4 Å². The summed E-state index contributed by atoms with van der Waals surface area (Å²) in [7, 11) is -4.38.